The van der Waals surface area contributed by atoms with E-state index in [0.29, 0.717) is 6.54 Å². The maximum atomic E-state index is 12.6. The fourth-order valence-electron chi connectivity index (χ4n) is 4.39. The summed E-state index contributed by atoms with van der Waals surface area (Å²) in [6, 6.07) is 5.93. The van der Waals surface area contributed by atoms with E-state index in [1.165, 1.54) is 12.8 Å². The number of nitrogens with one attached hydrogen (secondary N) is 2. The standard InChI is InChI=1S/C22H30N4O2/c1-15-10-17-18(12-22(2,3)13-19(17)28-15)25-21(27)24-14-16-6-7-23-20(11-16)26-8-4-5-9-26/h6-7,10-11,18H,4-5,8-9,12-14H2,1-3H3,(H2,24,25,27). The highest BCUT2D eigenvalue weighted by Gasteiger charge is 2.35. The molecule has 0 saturated carbocycles. The van der Waals surface area contributed by atoms with Gasteiger partial charge in [-0.05, 0) is 55.4 Å². The first-order chi connectivity index (χ1) is 13.4. The lowest BCUT2D eigenvalue weighted by Crippen LogP contribution is -2.41. The molecular formula is C22H30N4O2. The van der Waals surface area contributed by atoms with Crippen LogP contribution in [0.1, 0.15) is 61.8 Å². The minimum atomic E-state index is -0.146. The molecule has 2 aromatic heterocycles. The van der Waals surface area contributed by atoms with Gasteiger partial charge in [-0.3, -0.25) is 0 Å². The van der Waals surface area contributed by atoms with E-state index in [1.54, 1.807) is 0 Å². The lowest BCUT2D eigenvalue weighted by atomic mass is 9.75. The van der Waals surface area contributed by atoms with E-state index in [4.69, 9.17) is 4.42 Å². The summed E-state index contributed by atoms with van der Waals surface area (Å²) in [5, 5.41) is 6.15. The van der Waals surface area contributed by atoms with Gasteiger partial charge in [-0.25, -0.2) is 9.78 Å². The molecule has 4 rings (SSSR count). The number of furan rings is 1. The molecule has 28 heavy (non-hydrogen) atoms. The number of hydrogen-bond acceptors (Lipinski definition) is 4. The van der Waals surface area contributed by atoms with Gasteiger partial charge in [0.2, 0.25) is 0 Å². The summed E-state index contributed by atoms with van der Waals surface area (Å²) in [6.45, 7) is 9.02. The Morgan fingerprint density at radius 2 is 2.11 bits per heavy atom. The average Bonchev–Trinajstić information content (AvgIpc) is 3.29. The molecule has 2 N–H and O–H groups in total. The van der Waals surface area contributed by atoms with Gasteiger partial charge in [-0.2, -0.15) is 0 Å². The molecule has 2 amide bonds. The first kappa shape index (κ1) is 18.8. The number of rotatable bonds is 4. The van der Waals surface area contributed by atoms with E-state index >= 15 is 0 Å². The summed E-state index contributed by atoms with van der Waals surface area (Å²) >= 11 is 0. The molecule has 6 nitrogen and oxygen atoms in total. The Bertz CT molecular complexity index is 852. The van der Waals surface area contributed by atoms with Crippen molar-refractivity contribution in [2.24, 2.45) is 5.41 Å². The van der Waals surface area contributed by atoms with Crippen molar-refractivity contribution >= 4 is 11.8 Å². The van der Waals surface area contributed by atoms with E-state index in [0.717, 1.165) is 54.4 Å². The van der Waals surface area contributed by atoms with Crippen LogP contribution >= 0.6 is 0 Å². The summed E-state index contributed by atoms with van der Waals surface area (Å²) in [6.07, 6.45) is 6.08. The number of pyridine rings is 1. The summed E-state index contributed by atoms with van der Waals surface area (Å²) < 4.78 is 5.86. The first-order valence-corrected chi connectivity index (χ1v) is 10.2. The molecule has 6 heteroatoms. The lowest BCUT2D eigenvalue weighted by Gasteiger charge is -2.34. The van der Waals surface area contributed by atoms with Gasteiger partial charge in [0.05, 0.1) is 6.04 Å². The molecule has 1 aliphatic carbocycles. The van der Waals surface area contributed by atoms with Crippen molar-refractivity contribution in [3.05, 3.63) is 47.0 Å². The minimum Gasteiger partial charge on any atom is -0.466 e. The predicted molar refractivity (Wildman–Crippen MR) is 109 cm³/mol. The molecule has 0 bridgehead atoms. The SMILES string of the molecule is Cc1cc2c(o1)CC(C)(C)CC2NC(=O)NCc1ccnc(N2CCCC2)c1. The van der Waals surface area contributed by atoms with Crippen molar-refractivity contribution in [2.45, 2.75) is 59.0 Å². The van der Waals surface area contributed by atoms with E-state index in [-0.39, 0.29) is 17.5 Å². The summed E-state index contributed by atoms with van der Waals surface area (Å²) in [7, 11) is 0. The largest absolute Gasteiger partial charge is 0.466 e. The first-order valence-electron chi connectivity index (χ1n) is 10.2. The summed E-state index contributed by atoms with van der Waals surface area (Å²) in [5.41, 5.74) is 2.29. The summed E-state index contributed by atoms with van der Waals surface area (Å²) in [4.78, 5) is 19.3. The van der Waals surface area contributed by atoms with Crippen LogP contribution in [0, 0.1) is 12.3 Å². The molecule has 1 atom stereocenters. The van der Waals surface area contributed by atoms with E-state index in [2.05, 4.69) is 46.5 Å². The van der Waals surface area contributed by atoms with Crippen LogP contribution in [-0.2, 0) is 13.0 Å². The van der Waals surface area contributed by atoms with Gasteiger partial charge in [0, 0.05) is 37.8 Å². The molecule has 1 unspecified atom stereocenters. The van der Waals surface area contributed by atoms with E-state index < -0.39 is 0 Å². The van der Waals surface area contributed by atoms with Crippen LogP contribution < -0.4 is 15.5 Å². The maximum absolute atomic E-state index is 12.6. The molecular weight excluding hydrogens is 352 g/mol. The number of aryl methyl sites for hydroxylation is 1. The van der Waals surface area contributed by atoms with Gasteiger partial charge < -0.3 is 20.0 Å². The average molecular weight is 383 g/mol. The highest BCUT2D eigenvalue weighted by atomic mass is 16.3. The zero-order valence-electron chi connectivity index (χ0n) is 17.0. The van der Waals surface area contributed by atoms with Crippen LogP contribution in [0.25, 0.3) is 0 Å². The third-order valence-corrected chi connectivity index (χ3v) is 5.73. The lowest BCUT2D eigenvalue weighted by molar-refractivity contribution is 0.214. The Morgan fingerprint density at radius 1 is 1.32 bits per heavy atom. The number of fused-ring (bicyclic) bond motifs is 1. The van der Waals surface area contributed by atoms with Crippen molar-refractivity contribution in [2.75, 3.05) is 18.0 Å². The van der Waals surface area contributed by atoms with Gasteiger partial charge in [0.25, 0.3) is 0 Å². The van der Waals surface area contributed by atoms with Crippen LogP contribution in [0.2, 0.25) is 0 Å². The second kappa shape index (κ2) is 7.49. The van der Waals surface area contributed by atoms with Gasteiger partial charge in [0.15, 0.2) is 0 Å². The molecule has 3 heterocycles. The fourth-order valence-corrected chi connectivity index (χ4v) is 4.39. The number of carbonyl (C=O) groups excluding carboxylic acids is 1. The van der Waals surface area contributed by atoms with Crippen LogP contribution in [0.5, 0.6) is 0 Å². The smallest absolute Gasteiger partial charge is 0.315 e. The predicted octanol–water partition coefficient (Wildman–Crippen LogP) is 4.10. The molecule has 1 fully saturated rings. The molecule has 0 radical (unpaired) electrons. The van der Waals surface area contributed by atoms with Crippen LogP contribution in [0.4, 0.5) is 10.6 Å². The highest BCUT2D eigenvalue weighted by molar-refractivity contribution is 5.74. The van der Waals surface area contributed by atoms with Crippen molar-refractivity contribution in [3.8, 4) is 0 Å². The topological polar surface area (TPSA) is 70.4 Å². The van der Waals surface area contributed by atoms with E-state index in [1.807, 2.05) is 19.2 Å². The summed E-state index contributed by atoms with van der Waals surface area (Å²) in [5.74, 6) is 2.91. The Hall–Kier alpha value is -2.50. The molecule has 150 valence electrons. The zero-order valence-corrected chi connectivity index (χ0v) is 17.0. The van der Waals surface area contributed by atoms with Gasteiger partial charge in [-0.15, -0.1) is 0 Å². The van der Waals surface area contributed by atoms with Gasteiger partial charge >= 0.3 is 6.03 Å². The Labute approximate surface area is 166 Å². The fraction of sp³-hybridized carbons (Fsp3) is 0.545. The van der Waals surface area contributed by atoms with Crippen LogP contribution in [0.3, 0.4) is 0 Å². The minimum absolute atomic E-state index is 0.0196. The van der Waals surface area contributed by atoms with Crippen LogP contribution in [0.15, 0.2) is 28.8 Å². The monoisotopic (exact) mass is 382 g/mol. The normalized spacial score (nSPS) is 20.7. The second-order valence-corrected chi connectivity index (χ2v) is 8.88. The van der Waals surface area contributed by atoms with Crippen molar-refractivity contribution in [1.29, 1.82) is 0 Å². The molecule has 0 aromatic carbocycles. The van der Waals surface area contributed by atoms with Crippen molar-refractivity contribution in [1.82, 2.24) is 15.6 Å². The highest BCUT2D eigenvalue weighted by Crippen LogP contribution is 2.41. The molecule has 2 aliphatic rings. The van der Waals surface area contributed by atoms with Crippen LogP contribution in [-0.4, -0.2) is 24.1 Å². The number of hydrogen-bond donors (Lipinski definition) is 2. The van der Waals surface area contributed by atoms with Gasteiger partial charge in [-0.1, -0.05) is 13.8 Å². The number of urea groups is 1. The third kappa shape index (κ3) is 4.16. The molecule has 1 aliphatic heterocycles. The molecule has 2 aromatic rings. The second-order valence-electron chi connectivity index (χ2n) is 8.88. The number of nitrogens with zero attached hydrogens (tertiary/aromatic N) is 2. The third-order valence-electron chi connectivity index (χ3n) is 5.73. The number of aromatic nitrogens is 1. The zero-order chi connectivity index (χ0) is 19.7. The van der Waals surface area contributed by atoms with E-state index in [9.17, 15) is 4.79 Å². The molecule has 1 saturated heterocycles. The number of amides is 2. The van der Waals surface area contributed by atoms with Crippen molar-refractivity contribution in [3.63, 3.8) is 0 Å². The Kier molecular flexibility index (Phi) is 5.04. The molecule has 0 spiro atoms. The number of anilines is 1. The van der Waals surface area contributed by atoms with Gasteiger partial charge in [0.1, 0.15) is 17.3 Å². The van der Waals surface area contributed by atoms with Crippen molar-refractivity contribution < 1.29 is 9.21 Å². The Morgan fingerprint density at radius 3 is 2.89 bits per heavy atom. The quantitative estimate of drug-likeness (QED) is 0.835. The maximum Gasteiger partial charge on any atom is 0.315 e. The number of carbonyl (C=O) groups is 1. The Balaban J connectivity index is 1.38.